The van der Waals surface area contributed by atoms with Crippen LogP contribution in [0.4, 0.5) is 0 Å². The molecule has 8 nitrogen and oxygen atoms in total. The maximum Gasteiger partial charge on any atom is 0.310 e. The Labute approximate surface area is 216 Å². The normalized spacial score (nSPS) is 33.4. The van der Waals surface area contributed by atoms with Gasteiger partial charge in [0.05, 0.1) is 30.1 Å². The Morgan fingerprint density at radius 1 is 1.28 bits per heavy atom. The second-order valence-corrected chi connectivity index (χ2v) is 13.2. The first kappa shape index (κ1) is 28.6. The van der Waals surface area contributed by atoms with Crippen molar-refractivity contribution in [3.63, 3.8) is 0 Å². The van der Waals surface area contributed by atoms with Crippen LogP contribution in [0.25, 0.3) is 0 Å². The number of carbonyl (C=O) groups is 3. The third-order valence-corrected chi connectivity index (χ3v) is 8.83. The lowest BCUT2D eigenvalue weighted by molar-refractivity contribution is -0.162. The third-order valence-electron chi connectivity index (χ3n) is 8.83. The number of aliphatic hydroxyl groups is 1. The van der Waals surface area contributed by atoms with E-state index >= 15 is 0 Å². The number of hydrogen-bond acceptors (Lipinski definition) is 5. The number of carbonyl (C=O) groups excluding carboxylic acids is 2. The van der Waals surface area contributed by atoms with Crippen molar-refractivity contribution in [2.45, 2.75) is 110 Å². The van der Waals surface area contributed by atoms with Crippen molar-refractivity contribution >= 4 is 17.8 Å². The van der Waals surface area contributed by atoms with E-state index in [0.717, 1.165) is 0 Å². The standard InChI is InChI=1S/C28H46N2O6/c1-10-14-29(26(7,8)16-25(4,5)6)23(33)21-28-13-12-27(9,36-28)20(24(34)35)19(28)22(32)30(21)18(15-31)17(3)11-2/h10,17-21,31H,1,11-16H2,2-9H3,(H,34,35)/t17-,18-,19-,20-,21?,27+,28?/m0/s1. The van der Waals surface area contributed by atoms with E-state index in [1.54, 1.807) is 17.9 Å². The summed E-state index contributed by atoms with van der Waals surface area (Å²) in [7, 11) is 0. The molecule has 7 atom stereocenters. The number of likely N-dealkylation sites (tertiary alicyclic amines) is 1. The fraction of sp³-hybridized carbons (Fsp3) is 0.821. The minimum absolute atomic E-state index is 0.0657. The van der Waals surface area contributed by atoms with Crippen molar-refractivity contribution < 1.29 is 29.3 Å². The van der Waals surface area contributed by atoms with Crippen LogP contribution >= 0.6 is 0 Å². The maximum absolute atomic E-state index is 14.6. The molecule has 0 aliphatic carbocycles. The number of hydrogen-bond donors (Lipinski definition) is 2. The van der Waals surface area contributed by atoms with Crippen LogP contribution in [-0.2, 0) is 19.1 Å². The Hall–Kier alpha value is -1.93. The molecule has 36 heavy (non-hydrogen) atoms. The minimum atomic E-state index is -1.23. The van der Waals surface area contributed by atoms with E-state index in [-0.39, 0.29) is 30.4 Å². The van der Waals surface area contributed by atoms with Crippen LogP contribution in [0.1, 0.15) is 81.1 Å². The summed E-state index contributed by atoms with van der Waals surface area (Å²) in [5.74, 6) is -3.82. The predicted octanol–water partition coefficient (Wildman–Crippen LogP) is 3.47. The highest BCUT2D eigenvalue weighted by molar-refractivity contribution is 5.98. The summed E-state index contributed by atoms with van der Waals surface area (Å²) in [6.07, 6.45) is 3.98. The summed E-state index contributed by atoms with van der Waals surface area (Å²) in [6, 6.07) is -1.62. The molecule has 8 heteroatoms. The number of aliphatic carboxylic acids is 1. The van der Waals surface area contributed by atoms with E-state index < -0.39 is 52.5 Å². The second kappa shape index (κ2) is 9.43. The summed E-state index contributed by atoms with van der Waals surface area (Å²) in [4.78, 5) is 44.5. The molecule has 0 saturated carbocycles. The van der Waals surface area contributed by atoms with Crippen molar-refractivity contribution in [1.82, 2.24) is 9.80 Å². The number of fused-ring (bicyclic) bond motifs is 1. The van der Waals surface area contributed by atoms with E-state index in [1.807, 2.05) is 27.7 Å². The average Bonchev–Trinajstić information content (AvgIpc) is 3.31. The number of nitrogens with zero attached hydrogens (tertiary/aromatic N) is 2. The molecule has 3 saturated heterocycles. The van der Waals surface area contributed by atoms with Crippen molar-refractivity contribution in [3.05, 3.63) is 12.7 Å². The Kier molecular flexibility index (Phi) is 7.50. The summed E-state index contributed by atoms with van der Waals surface area (Å²) in [6.45, 7) is 19.9. The number of carboxylic acid groups (broad SMARTS) is 1. The van der Waals surface area contributed by atoms with Crippen LogP contribution in [0, 0.1) is 23.2 Å². The van der Waals surface area contributed by atoms with Crippen LogP contribution < -0.4 is 0 Å². The number of aliphatic hydroxyl groups excluding tert-OH is 1. The van der Waals surface area contributed by atoms with E-state index in [2.05, 4.69) is 27.4 Å². The zero-order valence-corrected chi connectivity index (χ0v) is 23.3. The lowest BCUT2D eigenvalue weighted by Gasteiger charge is -2.47. The molecule has 204 valence electrons. The zero-order valence-electron chi connectivity index (χ0n) is 23.3. The van der Waals surface area contributed by atoms with Gasteiger partial charge in [0.15, 0.2) is 0 Å². The molecular weight excluding hydrogens is 460 g/mol. The SMILES string of the molecule is C=CCN(C(=O)C1N([C@@H](CO)[C@@H](C)CC)C(=O)[C@@H]2[C@@H](C(=O)O)[C@@]3(C)CCC12O3)C(C)(C)CC(C)(C)C. The quantitative estimate of drug-likeness (QED) is 0.440. The van der Waals surface area contributed by atoms with Gasteiger partial charge in [-0.1, -0.05) is 47.1 Å². The van der Waals surface area contributed by atoms with Gasteiger partial charge in [-0.25, -0.2) is 0 Å². The molecule has 0 radical (unpaired) electrons. The average molecular weight is 507 g/mol. The molecule has 2 unspecified atom stereocenters. The van der Waals surface area contributed by atoms with Crippen LogP contribution in [-0.4, -0.2) is 79.8 Å². The maximum atomic E-state index is 14.6. The number of carboxylic acids is 1. The third kappa shape index (κ3) is 4.38. The van der Waals surface area contributed by atoms with Gasteiger partial charge in [0.25, 0.3) is 0 Å². The molecule has 3 aliphatic heterocycles. The summed E-state index contributed by atoms with van der Waals surface area (Å²) in [5, 5.41) is 20.6. The van der Waals surface area contributed by atoms with Gasteiger partial charge in [-0.3, -0.25) is 14.4 Å². The first-order valence-electron chi connectivity index (χ1n) is 13.3. The molecule has 0 aromatic rings. The Morgan fingerprint density at radius 3 is 2.36 bits per heavy atom. The fourth-order valence-corrected chi connectivity index (χ4v) is 7.50. The molecule has 2 bridgehead atoms. The zero-order chi connectivity index (χ0) is 27.4. The van der Waals surface area contributed by atoms with Crippen molar-refractivity contribution in [1.29, 1.82) is 0 Å². The molecule has 0 aromatic carbocycles. The highest BCUT2D eigenvalue weighted by atomic mass is 16.5. The Balaban J connectivity index is 2.19. The van der Waals surface area contributed by atoms with Crippen LogP contribution in [0.5, 0.6) is 0 Å². The monoisotopic (exact) mass is 506 g/mol. The van der Waals surface area contributed by atoms with Gasteiger partial charge >= 0.3 is 5.97 Å². The first-order chi connectivity index (χ1) is 16.5. The predicted molar refractivity (Wildman–Crippen MR) is 137 cm³/mol. The second-order valence-electron chi connectivity index (χ2n) is 13.2. The molecule has 3 aliphatic rings. The largest absolute Gasteiger partial charge is 0.481 e. The highest BCUT2D eigenvalue weighted by Gasteiger charge is 2.79. The van der Waals surface area contributed by atoms with Crippen LogP contribution in [0.2, 0.25) is 0 Å². The molecule has 1 spiro atoms. The molecular formula is C28H46N2O6. The molecule has 3 rings (SSSR count). The van der Waals surface area contributed by atoms with Crippen LogP contribution in [0.15, 0.2) is 12.7 Å². The molecule has 3 fully saturated rings. The Bertz CT molecular complexity index is 910. The van der Waals surface area contributed by atoms with E-state index in [1.165, 1.54) is 4.90 Å². The Morgan fingerprint density at radius 2 is 1.89 bits per heavy atom. The summed E-state index contributed by atoms with van der Waals surface area (Å²) < 4.78 is 6.53. The van der Waals surface area contributed by atoms with Gasteiger partial charge < -0.3 is 24.7 Å². The van der Waals surface area contributed by atoms with E-state index in [4.69, 9.17) is 4.74 Å². The number of rotatable bonds is 10. The van der Waals surface area contributed by atoms with Crippen molar-refractivity contribution in [2.75, 3.05) is 13.2 Å². The van der Waals surface area contributed by atoms with Crippen molar-refractivity contribution in [3.8, 4) is 0 Å². The number of ether oxygens (including phenoxy) is 1. The first-order valence-corrected chi connectivity index (χ1v) is 13.3. The molecule has 2 N–H and O–H groups in total. The molecule has 0 aromatic heterocycles. The van der Waals surface area contributed by atoms with Crippen molar-refractivity contribution in [2.24, 2.45) is 23.2 Å². The number of amides is 2. The fourth-order valence-electron chi connectivity index (χ4n) is 7.50. The smallest absolute Gasteiger partial charge is 0.310 e. The topological polar surface area (TPSA) is 107 Å². The van der Waals surface area contributed by atoms with Gasteiger partial charge in [0, 0.05) is 12.1 Å². The lowest BCUT2D eigenvalue weighted by Crippen LogP contribution is -2.63. The van der Waals surface area contributed by atoms with E-state index in [0.29, 0.717) is 25.7 Å². The van der Waals surface area contributed by atoms with Gasteiger partial charge in [0.2, 0.25) is 11.8 Å². The summed E-state index contributed by atoms with van der Waals surface area (Å²) in [5.41, 5.74) is -2.87. The van der Waals surface area contributed by atoms with Crippen LogP contribution in [0.3, 0.4) is 0 Å². The summed E-state index contributed by atoms with van der Waals surface area (Å²) >= 11 is 0. The van der Waals surface area contributed by atoms with E-state index in [9.17, 15) is 24.6 Å². The molecule has 2 amide bonds. The molecule has 3 heterocycles. The highest BCUT2D eigenvalue weighted by Crippen LogP contribution is 2.63. The van der Waals surface area contributed by atoms with Gasteiger partial charge in [0.1, 0.15) is 11.6 Å². The van der Waals surface area contributed by atoms with Gasteiger partial charge in [-0.05, 0) is 51.4 Å². The van der Waals surface area contributed by atoms with Gasteiger partial charge in [-0.2, -0.15) is 0 Å². The van der Waals surface area contributed by atoms with Gasteiger partial charge in [-0.15, -0.1) is 6.58 Å². The minimum Gasteiger partial charge on any atom is -0.481 e. The lowest BCUT2D eigenvalue weighted by atomic mass is 9.66.